The zero-order valence-electron chi connectivity index (χ0n) is 22.7. The van der Waals surface area contributed by atoms with Gasteiger partial charge in [0.05, 0.1) is 0 Å². The van der Waals surface area contributed by atoms with Crippen molar-refractivity contribution in [2.24, 2.45) is 46.3 Å². The van der Waals surface area contributed by atoms with Gasteiger partial charge in [-0.3, -0.25) is 0 Å². The Morgan fingerprint density at radius 2 is 1.91 bits per heavy atom. The molecular weight excluding hydrogens is 418 g/mol. The van der Waals surface area contributed by atoms with Crippen molar-refractivity contribution in [2.75, 3.05) is 6.54 Å². The lowest BCUT2D eigenvalue weighted by atomic mass is 9.46. The summed E-state index contributed by atoms with van der Waals surface area (Å²) in [6.07, 6.45) is 17.6. The maximum atomic E-state index is 11.9. The fraction of sp³-hybridized carbons (Fsp3) is 0.839. The van der Waals surface area contributed by atoms with Crippen LogP contribution in [0, 0.1) is 46.3 Å². The Morgan fingerprint density at radius 1 is 1.15 bits per heavy atom. The molecule has 0 unspecified atom stereocenters. The fourth-order valence-corrected chi connectivity index (χ4v) is 9.45. The monoisotopic (exact) mass is 469 g/mol. The lowest BCUT2D eigenvalue weighted by Gasteiger charge is -2.59. The molecule has 192 valence electrons. The molecule has 3 fully saturated rings. The molecule has 0 heterocycles. The lowest BCUT2D eigenvalue weighted by Crippen LogP contribution is -2.52. The van der Waals surface area contributed by atoms with E-state index in [0.717, 1.165) is 54.8 Å². The Balaban J connectivity index is 1.48. The third kappa shape index (κ3) is 4.50. The maximum absolute atomic E-state index is 11.9. The molecule has 0 spiro atoms. The van der Waals surface area contributed by atoms with Gasteiger partial charge in [0.1, 0.15) is 0 Å². The molecule has 0 aromatic heterocycles. The highest BCUT2D eigenvalue weighted by atomic mass is 16.4. The first kappa shape index (κ1) is 25.8. The zero-order chi connectivity index (χ0) is 24.7. The van der Waals surface area contributed by atoms with Gasteiger partial charge in [0, 0.05) is 12.6 Å². The van der Waals surface area contributed by atoms with Crippen molar-refractivity contribution in [3.8, 4) is 0 Å². The van der Waals surface area contributed by atoms with Gasteiger partial charge in [0.25, 0.3) is 0 Å². The normalized spacial score (nSPS) is 40.1. The number of hydrogen-bond acceptors (Lipinski definition) is 1. The SMILES string of the molecule is C=CCN(C(=O)O)[C@H]1CC[C@@]2(C)C(=CC[C@H]3[C@@H]4CC[C@H]([C@H](C)CCCC(C)C)[C@@]4(C)CC[C@@H]32)C1. The Morgan fingerprint density at radius 3 is 2.59 bits per heavy atom. The molecule has 0 aliphatic heterocycles. The summed E-state index contributed by atoms with van der Waals surface area (Å²) in [5.74, 6) is 5.10. The van der Waals surface area contributed by atoms with Crippen LogP contribution in [0.1, 0.15) is 105 Å². The molecule has 4 rings (SSSR count). The molecule has 3 saturated carbocycles. The van der Waals surface area contributed by atoms with E-state index in [0.29, 0.717) is 12.0 Å². The molecule has 3 heteroatoms. The Hall–Kier alpha value is -1.25. The molecule has 3 nitrogen and oxygen atoms in total. The molecular formula is C31H51NO2. The highest BCUT2D eigenvalue weighted by Crippen LogP contribution is 2.67. The average molecular weight is 470 g/mol. The van der Waals surface area contributed by atoms with Crippen LogP contribution in [0.5, 0.6) is 0 Å². The first-order chi connectivity index (χ1) is 16.1. The van der Waals surface area contributed by atoms with Crippen LogP contribution in [-0.2, 0) is 0 Å². The number of carboxylic acid groups (broad SMARTS) is 1. The van der Waals surface area contributed by atoms with Crippen molar-refractivity contribution in [2.45, 2.75) is 111 Å². The predicted molar refractivity (Wildman–Crippen MR) is 142 cm³/mol. The van der Waals surface area contributed by atoms with Crippen molar-refractivity contribution in [3.63, 3.8) is 0 Å². The first-order valence-electron chi connectivity index (χ1n) is 14.4. The van der Waals surface area contributed by atoms with Gasteiger partial charge in [0.15, 0.2) is 0 Å². The van der Waals surface area contributed by atoms with Crippen molar-refractivity contribution < 1.29 is 9.90 Å². The summed E-state index contributed by atoms with van der Waals surface area (Å²) in [5, 5.41) is 9.74. The van der Waals surface area contributed by atoms with E-state index in [1.54, 1.807) is 16.5 Å². The molecule has 0 bridgehead atoms. The molecule has 4 aliphatic rings. The number of nitrogens with zero attached hydrogens (tertiary/aromatic N) is 1. The summed E-state index contributed by atoms with van der Waals surface area (Å²) in [6, 6.07) is 0.114. The molecule has 4 aliphatic carbocycles. The summed E-state index contributed by atoms with van der Waals surface area (Å²) in [6.45, 7) is 16.7. The Kier molecular flexibility index (Phi) is 7.61. The number of amides is 1. The van der Waals surface area contributed by atoms with E-state index in [2.05, 4.69) is 47.3 Å². The van der Waals surface area contributed by atoms with Crippen molar-refractivity contribution >= 4 is 6.09 Å². The molecule has 0 aromatic carbocycles. The van der Waals surface area contributed by atoms with Gasteiger partial charge in [-0.05, 0) is 97.7 Å². The summed E-state index contributed by atoms with van der Waals surface area (Å²) >= 11 is 0. The van der Waals surface area contributed by atoms with Crippen LogP contribution in [0.15, 0.2) is 24.3 Å². The maximum Gasteiger partial charge on any atom is 0.407 e. The molecule has 0 saturated heterocycles. The van der Waals surface area contributed by atoms with E-state index in [4.69, 9.17) is 0 Å². The van der Waals surface area contributed by atoms with E-state index in [1.807, 2.05) is 0 Å². The number of allylic oxidation sites excluding steroid dienone is 1. The summed E-state index contributed by atoms with van der Waals surface area (Å²) < 4.78 is 0. The minimum Gasteiger partial charge on any atom is -0.465 e. The standard InChI is InChI=1S/C31H51NO2/c1-7-19-32(29(33)34)24-15-17-30(5)23(20-24)11-12-25-27-14-13-26(22(4)10-8-9-21(2)3)31(27,6)18-16-28(25)30/h7,11,21-22,24-28H,1,8-10,12-20H2,2-6H3,(H,33,34)/t22-,24+,25+,26-,27+,28+,30+,31-/m1/s1. The molecule has 0 aromatic rings. The molecule has 8 atom stereocenters. The molecule has 1 amide bonds. The van der Waals surface area contributed by atoms with E-state index in [1.165, 1.54) is 51.4 Å². The van der Waals surface area contributed by atoms with E-state index < -0.39 is 6.09 Å². The minimum atomic E-state index is -0.796. The second kappa shape index (κ2) is 10.0. The highest BCUT2D eigenvalue weighted by molar-refractivity contribution is 5.65. The highest BCUT2D eigenvalue weighted by Gasteiger charge is 2.59. The minimum absolute atomic E-state index is 0.114. The quantitative estimate of drug-likeness (QED) is 0.362. The number of fused-ring (bicyclic) bond motifs is 5. The molecule has 1 N–H and O–H groups in total. The van der Waals surface area contributed by atoms with Crippen LogP contribution in [0.2, 0.25) is 0 Å². The largest absolute Gasteiger partial charge is 0.465 e. The number of carbonyl (C=O) groups is 1. The van der Waals surface area contributed by atoms with Crippen LogP contribution in [0.4, 0.5) is 4.79 Å². The van der Waals surface area contributed by atoms with Crippen LogP contribution in [-0.4, -0.2) is 28.7 Å². The van der Waals surface area contributed by atoms with Crippen molar-refractivity contribution in [3.05, 3.63) is 24.3 Å². The van der Waals surface area contributed by atoms with E-state index >= 15 is 0 Å². The average Bonchev–Trinajstić information content (AvgIpc) is 3.14. The van der Waals surface area contributed by atoms with Crippen LogP contribution in [0.3, 0.4) is 0 Å². The fourth-order valence-electron chi connectivity index (χ4n) is 9.45. The van der Waals surface area contributed by atoms with Crippen molar-refractivity contribution in [1.29, 1.82) is 0 Å². The van der Waals surface area contributed by atoms with Gasteiger partial charge in [-0.1, -0.05) is 71.6 Å². The van der Waals surface area contributed by atoms with Crippen LogP contribution < -0.4 is 0 Å². The Bertz CT molecular complexity index is 786. The number of rotatable bonds is 8. The summed E-state index contributed by atoms with van der Waals surface area (Å²) in [5.41, 5.74) is 2.38. The lowest BCUT2D eigenvalue weighted by molar-refractivity contribution is -0.0538. The molecule has 0 radical (unpaired) electrons. The first-order valence-corrected chi connectivity index (χ1v) is 14.4. The van der Waals surface area contributed by atoms with Gasteiger partial charge in [0.2, 0.25) is 0 Å². The van der Waals surface area contributed by atoms with Gasteiger partial charge < -0.3 is 10.0 Å². The molecule has 34 heavy (non-hydrogen) atoms. The van der Waals surface area contributed by atoms with Gasteiger partial charge >= 0.3 is 6.09 Å². The third-order valence-corrected chi connectivity index (χ3v) is 11.3. The van der Waals surface area contributed by atoms with Crippen LogP contribution >= 0.6 is 0 Å². The van der Waals surface area contributed by atoms with Gasteiger partial charge in [-0.25, -0.2) is 4.79 Å². The second-order valence-electron chi connectivity index (χ2n) is 13.4. The van der Waals surface area contributed by atoms with Crippen molar-refractivity contribution in [1.82, 2.24) is 4.90 Å². The summed E-state index contributed by atoms with van der Waals surface area (Å²) in [7, 11) is 0. The third-order valence-electron chi connectivity index (χ3n) is 11.3. The topological polar surface area (TPSA) is 40.5 Å². The summed E-state index contributed by atoms with van der Waals surface area (Å²) in [4.78, 5) is 13.5. The Labute approximate surface area is 209 Å². The van der Waals surface area contributed by atoms with Gasteiger partial charge in [-0.2, -0.15) is 0 Å². The zero-order valence-corrected chi connectivity index (χ0v) is 22.7. The predicted octanol–water partition coefficient (Wildman–Crippen LogP) is 8.56. The second-order valence-corrected chi connectivity index (χ2v) is 13.4. The van der Waals surface area contributed by atoms with E-state index in [-0.39, 0.29) is 11.5 Å². The van der Waals surface area contributed by atoms with Gasteiger partial charge in [-0.15, -0.1) is 6.58 Å². The van der Waals surface area contributed by atoms with Crippen LogP contribution in [0.25, 0.3) is 0 Å². The number of hydrogen-bond donors (Lipinski definition) is 1. The smallest absolute Gasteiger partial charge is 0.407 e. The van der Waals surface area contributed by atoms with E-state index in [9.17, 15) is 9.90 Å².